The Hall–Kier alpha value is -2.91. The summed E-state index contributed by atoms with van der Waals surface area (Å²) >= 11 is 0. The number of nitrogens with zero attached hydrogens (tertiary/aromatic N) is 2. The summed E-state index contributed by atoms with van der Waals surface area (Å²) in [4.78, 5) is 27.2. The lowest BCUT2D eigenvalue weighted by atomic mass is 9.94. The van der Waals surface area contributed by atoms with Crippen LogP contribution >= 0.6 is 0 Å². The number of para-hydroxylation sites is 1. The van der Waals surface area contributed by atoms with E-state index in [9.17, 15) is 18.0 Å². The average molecular weight is 500 g/mol. The van der Waals surface area contributed by atoms with E-state index >= 15 is 0 Å². The first-order valence-corrected chi connectivity index (χ1v) is 13.7. The zero-order valence-electron chi connectivity index (χ0n) is 19.8. The van der Waals surface area contributed by atoms with Gasteiger partial charge in [0.25, 0.3) is 5.91 Å². The van der Waals surface area contributed by atoms with Crippen molar-refractivity contribution in [2.45, 2.75) is 30.6 Å². The van der Waals surface area contributed by atoms with Crippen molar-refractivity contribution in [3.05, 3.63) is 60.7 Å². The molecule has 0 bridgehead atoms. The number of carbonyl (C=O) groups is 2. The van der Waals surface area contributed by atoms with Crippen molar-refractivity contribution in [3.63, 3.8) is 0 Å². The maximum Gasteiger partial charge on any atom is 0.260 e. The van der Waals surface area contributed by atoms with Gasteiger partial charge in [-0.05, 0) is 55.9 Å². The standard InChI is InChI=1S/C26H33N3O5S/c30-25(20-34-23-7-3-1-4-8-23)28-15-13-22(14-16-28)26(31)27-19-21-11-17-29(18-12-21)35(32,33)24-9-5-2-6-10-24/h1-10,21-22H,11-20H2,(H,27,31). The smallest absolute Gasteiger partial charge is 0.260 e. The van der Waals surface area contributed by atoms with E-state index in [1.54, 1.807) is 35.2 Å². The third-order valence-corrected chi connectivity index (χ3v) is 8.76. The van der Waals surface area contributed by atoms with Crippen LogP contribution in [0, 0.1) is 11.8 Å². The number of nitrogens with one attached hydrogen (secondary N) is 1. The molecule has 2 aliphatic heterocycles. The van der Waals surface area contributed by atoms with Crippen LogP contribution in [-0.2, 0) is 19.6 Å². The highest BCUT2D eigenvalue weighted by Gasteiger charge is 2.31. The van der Waals surface area contributed by atoms with Crippen molar-refractivity contribution in [2.75, 3.05) is 39.3 Å². The Morgan fingerprint density at radius 1 is 0.857 bits per heavy atom. The van der Waals surface area contributed by atoms with Gasteiger partial charge in [0.05, 0.1) is 4.90 Å². The molecule has 2 fully saturated rings. The van der Waals surface area contributed by atoms with E-state index in [1.807, 2.05) is 30.3 Å². The summed E-state index contributed by atoms with van der Waals surface area (Å²) in [6.07, 6.45) is 2.72. The Labute approximate surface area is 207 Å². The highest BCUT2D eigenvalue weighted by Crippen LogP contribution is 2.24. The summed E-state index contributed by atoms with van der Waals surface area (Å²) in [5.41, 5.74) is 0. The van der Waals surface area contributed by atoms with Gasteiger partial charge in [-0.25, -0.2) is 8.42 Å². The van der Waals surface area contributed by atoms with Gasteiger partial charge in [0, 0.05) is 38.6 Å². The minimum atomic E-state index is -3.46. The maximum absolute atomic E-state index is 12.8. The van der Waals surface area contributed by atoms with Crippen molar-refractivity contribution in [3.8, 4) is 5.75 Å². The molecular formula is C26H33N3O5S. The molecule has 1 N–H and O–H groups in total. The Kier molecular flexibility index (Phi) is 8.41. The summed E-state index contributed by atoms with van der Waals surface area (Å²) < 4.78 is 32.6. The van der Waals surface area contributed by atoms with Crippen LogP contribution in [0.2, 0.25) is 0 Å². The van der Waals surface area contributed by atoms with Crippen molar-refractivity contribution in [2.24, 2.45) is 11.8 Å². The largest absolute Gasteiger partial charge is 0.484 e. The molecule has 2 amide bonds. The summed E-state index contributed by atoms with van der Waals surface area (Å²) in [6.45, 7) is 2.57. The van der Waals surface area contributed by atoms with Gasteiger partial charge >= 0.3 is 0 Å². The first-order valence-electron chi connectivity index (χ1n) is 12.2. The van der Waals surface area contributed by atoms with Crippen LogP contribution < -0.4 is 10.1 Å². The monoisotopic (exact) mass is 499 g/mol. The number of likely N-dealkylation sites (tertiary alicyclic amines) is 1. The number of piperidine rings is 2. The predicted molar refractivity (Wildman–Crippen MR) is 132 cm³/mol. The van der Waals surface area contributed by atoms with E-state index in [4.69, 9.17) is 4.74 Å². The quantitative estimate of drug-likeness (QED) is 0.602. The van der Waals surface area contributed by atoms with Gasteiger partial charge in [-0.15, -0.1) is 0 Å². The molecule has 4 rings (SSSR count). The van der Waals surface area contributed by atoms with E-state index in [2.05, 4.69) is 5.32 Å². The van der Waals surface area contributed by atoms with Crippen molar-refractivity contribution >= 4 is 21.8 Å². The molecule has 9 heteroatoms. The third kappa shape index (κ3) is 6.61. The van der Waals surface area contributed by atoms with E-state index in [-0.39, 0.29) is 30.3 Å². The molecule has 0 atom stereocenters. The van der Waals surface area contributed by atoms with Crippen LogP contribution in [-0.4, -0.2) is 68.8 Å². The van der Waals surface area contributed by atoms with E-state index in [1.165, 1.54) is 4.31 Å². The van der Waals surface area contributed by atoms with Crippen LogP contribution in [0.15, 0.2) is 65.6 Å². The van der Waals surface area contributed by atoms with Gasteiger partial charge in [-0.2, -0.15) is 4.31 Å². The minimum Gasteiger partial charge on any atom is -0.484 e. The molecule has 188 valence electrons. The predicted octanol–water partition coefficient (Wildman–Crippen LogP) is 2.52. The van der Waals surface area contributed by atoms with Gasteiger partial charge in [0.15, 0.2) is 6.61 Å². The first-order chi connectivity index (χ1) is 16.9. The fraction of sp³-hybridized carbons (Fsp3) is 0.462. The van der Waals surface area contributed by atoms with E-state index in [0.717, 1.165) is 12.8 Å². The zero-order chi connectivity index (χ0) is 24.7. The molecule has 2 aromatic carbocycles. The normalized spacial score (nSPS) is 18.2. The Morgan fingerprint density at radius 2 is 1.46 bits per heavy atom. The second kappa shape index (κ2) is 11.7. The Bertz CT molecular complexity index is 1080. The molecule has 0 spiro atoms. The topological polar surface area (TPSA) is 96.0 Å². The highest BCUT2D eigenvalue weighted by atomic mass is 32.2. The fourth-order valence-electron chi connectivity index (χ4n) is 4.63. The molecule has 0 unspecified atom stereocenters. The first kappa shape index (κ1) is 25.2. The molecule has 0 radical (unpaired) electrons. The molecule has 35 heavy (non-hydrogen) atoms. The molecule has 8 nitrogen and oxygen atoms in total. The summed E-state index contributed by atoms with van der Waals surface area (Å²) in [5, 5.41) is 3.06. The van der Waals surface area contributed by atoms with Gasteiger partial charge in [0.2, 0.25) is 15.9 Å². The molecule has 0 aliphatic carbocycles. The van der Waals surface area contributed by atoms with E-state index in [0.29, 0.717) is 56.2 Å². The van der Waals surface area contributed by atoms with Crippen molar-refractivity contribution < 1.29 is 22.7 Å². The number of benzene rings is 2. The van der Waals surface area contributed by atoms with Crippen LogP contribution in [0.1, 0.15) is 25.7 Å². The van der Waals surface area contributed by atoms with Crippen LogP contribution in [0.25, 0.3) is 0 Å². The van der Waals surface area contributed by atoms with Crippen LogP contribution in [0.3, 0.4) is 0 Å². The molecular weight excluding hydrogens is 466 g/mol. The van der Waals surface area contributed by atoms with Crippen molar-refractivity contribution in [1.82, 2.24) is 14.5 Å². The lowest BCUT2D eigenvalue weighted by Gasteiger charge is -2.33. The lowest BCUT2D eigenvalue weighted by molar-refractivity contribution is -0.137. The summed E-state index contributed by atoms with van der Waals surface area (Å²) in [6, 6.07) is 17.8. The highest BCUT2D eigenvalue weighted by molar-refractivity contribution is 7.89. The number of sulfonamides is 1. The molecule has 2 saturated heterocycles. The molecule has 2 aromatic rings. The van der Waals surface area contributed by atoms with Crippen LogP contribution in [0.5, 0.6) is 5.75 Å². The van der Waals surface area contributed by atoms with Gasteiger partial charge < -0.3 is 15.0 Å². The third-order valence-electron chi connectivity index (χ3n) is 6.84. The second-order valence-corrected chi connectivity index (χ2v) is 11.1. The minimum absolute atomic E-state index is 0.000430. The van der Waals surface area contributed by atoms with Gasteiger partial charge in [-0.3, -0.25) is 9.59 Å². The Balaban J connectivity index is 1.15. The number of amides is 2. The fourth-order valence-corrected chi connectivity index (χ4v) is 6.12. The lowest BCUT2D eigenvalue weighted by Crippen LogP contribution is -2.46. The molecule has 2 aliphatic rings. The van der Waals surface area contributed by atoms with Gasteiger partial charge in [0.1, 0.15) is 5.75 Å². The summed E-state index contributed by atoms with van der Waals surface area (Å²) in [7, 11) is -3.46. The zero-order valence-corrected chi connectivity index (χ0v) is 20.7. The molecule has 0 aromatic heterocycles. The average Bonchev–Trinajstić information content (AvgIpc) is 2.91. The summed E-state index contributed by atoms with van der Waals surface area (Å²) in [5.74, 6) is 0.783. The van der Waals surface area contributed by atoms with Gasteiger partial charge in [-0.1, -0.05) is 36.4 Å². The molecule has 2 heterocycles. The van der Waals surface area contributed by atoms with E-state index < -0.39 is 10.0 Å². The number of rotatable bonds is 8. The number of ether oxygens (including phenoxy) is 1. The van der Waals surface area contributed by atoms with Crippen LogP contribution in [0.4, 0.5) is 0 Å². The number of hydrogen-bond donors (Lipinski definition) is 1. The maximum atomic E-state index is 12.8. The molecule has 0 saturated carbocycles. The SMILES string of the molecule is O=C(NCC1CCN(S(=O)(=O)c2ccccc2)CC1)C1CCN(C(=O)COc2ccccc2)CC1. The second-order valence-electron chi connectivity index (χ2n) is 9.16. The number of carbonyl (C=O) groups excluding carboxylic acids is 2. The number of hydrogen-bond acceptors (Lipinski definition) is 5. The Morgan fingerprint density at radius 3 is 2.09 bits per heavy atom. The van der Waals surface area contributed by atoms with Crippen molar-refractivity contribution in [1.29, 1.82) is 0 Å².